The molecule has 196 valence electrons. The molecule has 1 amide bonds. The second kappa shape index (κ2) is 10.2. The van der Waals surface area contributed by atoms with E-state index in [2.05, 4.69) is 37.3 Å². The Hall–Kier alpha value is -3.69. The molecule has 5 rings (SSSR count). The number of carbonyl (C=O) groups excluding carboxylic acids is 1. The Bertz CT molecular complexity index is 1410. The number of rotatable bonds is 3. The van der Waals surface area contributed by atoms with Crippen LogP contribution in [0.2, 0.25) is 0 Å². The van der Waals surface area contributed by atoms with Crippen molar-refractivity contribution in [3.8, 4) is 11.8 Å². The van der Waals surface area contributed by atoms with Crippen molar-refractivity contribution in [1.82, 2.24) is 25.5 Å². The van der Waals surface area contributed by atoms with Crippen LogP contribution in [0.25, 0.3) is 0 Å². The molecule has 0 bridgehead atoms. The van der Waals surface area contributed by atoms with E-state index in [0.29, 0.717) is 19.0 Å². The molecule has 8 nitrogen and oxygen atoms in total. The summed E-state index contributed by atoms with van der Waals surface area (Å²) >= 11 is 0.827. The number of amides is 1. The number of nitrogens with two attached hydrogens (primary N) is 1. The molecule has 38 heavy (non-hydrogen) atoms. The second-order valence-corrected chi connectivity index (χ2v) is 10.4. The number of fused-ring (bicyclic) bond motifs is 1. The Balaban J connectivity index is 1.24. The van der Waals surface area contributed by atoms with Crippen molar-refractivity contribution in [3.05, 3.63) is 65.1 Å². The third kappa shape index (κ3) is 5.16. The molecule has 1 aliphatic heterocycles. The number of aromatic nitrogens is 4. The van der Waals surface area contributed by atoms with Gasteiger partial charge in [-0.25, -0.2) is 4.98 Å². The summed E-state index contributed by atoms with van der Waals surface area (Å²) in [4.78, 5) is 21.2. The van der Waals surface area contributed by atoms with E-state index in [-0.39, 0.29) is 27.3 Å². The summed E-state index contributed by atoms with van der Waals surface area (Å²) in [7, 11) is 1.54. The molecule has 0 unspecified atom stereocenters. The maximum atomic E-state index is 13.2. The lowest BCUT2D eigenvalue weighted by molar-refractivity contribution is -0.143. The topological polar surface area (TPSA) is 110 Å². The predicted molar refractivity (Wildman–Crippen MR) is 135 cm³/mol. The van der Waals surface area contributed by atoms with E-state index in [0.717, 1.165) is 48.3 Å². The Morgan fingerprint density at radius 2 is 2.00 bits per heavy atom. The Labute approximate surface area is 221 Å². The molecule has 2 aliphatic rings. The van der Waals surface area contributed by atoms with Crippen LogP contribution in [0.3, 0.4) is 0 Å². The van der Waals surface area contributed by atoms with Crippen LogP contribution in [-0.4, -0.2) is 46.2 Å². The first-order chi connectivity index (χ1) is 18.2. The third-order valence-electron chi connectivity index (χ3n) is 7.05. The molecule has 0 saturated carbocycles. The number of anilines is 1. The smallest absolute Gasteiger partial charge is 0.348 e. The van der Waals surface area contributed by atoms with E-state index >= 15 is 0 Å². The van der Waals surface area contributed by atoms with E-state index in [4.69, 9.17) is 5.73 Å². The lowest BCUT2D eigenvalue weighted by atomic mass is 9.73. The van der Waals surface area contributed by atoms with Crippen molar-refractivity contribution in [1.29, 1.82) is 0 Å². The summed E-state index contributed by atoms with van der Waals surface area (Å²) in [5.41, 5.74) is 8.71. The van der Waals surface area contributed by atoms with Crippen LogP contribution in [0.5, 0.6) is 0 Å². The minimum Gasteiger partial charge on any atom is -0.348 e. The highest BCUT2D eigenvalue weighted by atomic mass is 32.2. The van der Waals surface area contributed by atoms with Gasteiger partial charge in [-0.05, 0) is 60.1 Å². The number of piperidine rings is 1. The molecule has 3 aromatic rings. The van der Waals surface area contributed by atoms with E-state index in [1.807, 2.05) is 23.1 Å². The van der Waals surface area contributed by atoms with Gasteiger partial charge in [0.1, 0.15) is 5.03 Å². The molecule has 1 aromatic carbocycles. The van der Waals surface area contributed by atoms with Gasteiger partial charge in [0, 0.05) is 48.8 Å². The van der Waals surface area contributed by atoms with Crippen LogP contribution >= 0.6 is 11.8 Å². The third-order valence-corrected chi connectivity index (χ3v) is 8.00. The van der Waals surface area contributed by atoms with Gasteiger partial charge in [0.15, 0.2) is 5.69 Å². The van der Waals surface area contributed by atoms with Crippen molar-refractivity contribution in [2.24, 2.45) is 11.1 Å². The van der Waals surface area contributed by atoms with Crippen LogP contribution < -0.4 is 16.0 Å². The number of nitrogens with one attached hydrogen (secondary N) is 1. The minimum atomic E-state index is -4.56. The molecule has 3 heterocycles. The molecule has 1 aliphatic carbocycles. The van der Waals surface area contributed by atoms with Crippen molar-refractivity contribution < 1.29 is 18.0 Å². The van der Waals surface area contributed by atoms with Gasteiger partial charge in [-0.2, -0.15) is 13.2 Å². The quantitative estimate of drug-likeness (QED) is 0.488. The monoisotopic (exact) mass is 539 g/mol. The predicted octanol–water partition coefficient (Wildman–Crippen LogP) is 3.38. The Kier molecular flexibility index (Phi) is 6.98. The zero-order chi connectivity index (χ0) is 26.9. The first-order valence-electron chi connectivity index (χ1n) is 12.0. The molecule has 1 atom stereocenters. The highest BCUT2D eigenvalue weighted by Gasteiger charge is 2.46. The summed E-state index contributed by atoms with van der Waals surface area (Å²) in [6.07, 6.45) is 0.498. The largest absolute Gasteiger partial charge is 0.434 e. The van der Waals surface area contributed by atoms with Crippen LogP contribution in [0.1, 0.15) is 41.3 Å². The molecule has 1 saturated heterocycles. The second-order valence-electron chi connectivity index (χ2n) is 9.29. The molecular weight excluding hydrogens is 515 g/mol. The first-order valence-corrected chi connectivity index (χ1v) is 12.8. The summed E-state index contributed by atoms with van der Waals surface area (Å²) in [6.45, 7) is 1.36. The Morgan fingerprint density at radius 3 is 2.68 bits per heavy atom. The maximum absolute atomic E-state index is 13.2. The first kappa shape index (κ1) is 25.9. The highest BCUT2D eigenvalue weighted by Crippen LogP contribution is 2.51. The van der Waals surface area contributed by atoms with Crippen LogP contribution in [0.4, 0.5) is 19.1 Å². The lowest BCUT2D eigenvalue weighted by Gasteiger charge is -2.42. The molecule has 3 N–H and O–H groups in total. The van der Waals surface area contributed by atoms with Crippen LogP contribution in [0, 0.1) is 17.3 Å². The average molecular weight is 540 g/mol. The van der Waals surface area contributed by atoms with Gasteiger partial charge < -0.3 is 16.0 Å². The van der Waals surface area contributed by atoms with Gasteiger partial charge in [-0.1, -0.05) is 23.7 Å². The molecule has 2 aromatic heterocycles. The summed E-state index contributed by atoms with van der Waals surface area (Å²) in [5, 5.41) is 11.0. The van der Waals surface area contributed by atoms with Gasteiger partial charge >= 0.3 is 6.18 Å². The molecule has 12 heteroatoms. The zero-order valence-electron chi connectivity index (χ0n) is 20.4. The SMILES string of the molecule is CNC(=O)C#Cc1ccc2c(c1)[C@@H](N)C1(CCN(c3ncc(Sc4cccnc4C(F)(F)F)nn3)CC1)C2. The van der Waals surface area contributed by atoms with Crippen molar-refractivity contribution in [2.75, 3.05) is 25.0 Å². The molecular formula is C26H24F3N7OS. The number of carbonyl (C=O) groups is 1. The Morgan fingerprint density at radius 1 is 1.21 bits per heavy atom. The van der Waals surface area contributed by atoms with Gasteiger partial charge in [0.25, 0.3) is 5.91 Å². The number of hydrogen-bond acceptors (Lipinski definition) is 8. The fraction of sp³-hybridized carbons (Fsp3) is 0.346. The standard InChI is InChI=1S/C26H24F3N7OS/c1-31-20(37)7-5-16-4-6-17-14-25(22(30)18(17)13-16)8-11-36(12-9-25)24-33-15-21(34-35-24)38-19-3-2-10-32-23(19)26(27,28)29/h2-4,6,10,13,15,22H,8-9,11-12,14,30H2,1H3,(H,31,37)/t22-/m1/s1. The molecule has 1 fully saturated rings. The summed E-state index contributed by atoms with van der Waals surface area (Å²) < 4.78 is 39.7. The number of halogens is 3. The van der Waals surface area contributed by atoms with E-state index in [1.165, 1.54) is 30.9 Å². The van der Waals surface area contributed by atoms with Crippen molar-refractivity contribution in [2.45, 2.75) is 41.4 Å². The van der Waals surface area contributed by atoms with E-state index in [1.54, 1.807) is 0 Å². The number of benzene rings is 1. The normalized spacial score (nSPS) is 18.0. The minimum absolute atomic E-state index is 0.0543. The fourth-order valence-corrected chi connectivity index (χ4v) is 5.85. The average Bonchev–Trinajstić information content (AvgIpc) is 3.18. The van der Waals surface area contributed by atoms with Gasteiger partial charge in [0.05, 0.1) is 6.20 Å². The molecule has 0 radical (unpaired) electrons. The lowest BCUT2D eigenvalue weighted by Crippen LogP contribution is -2.45. The highest BCUT2D eigenvalue weighted by molar-refractivity contribution is 7.99. The van der Waals surface area contributed by atoms with Gasteiger partial charge in [0.2, 0.25) is 5.95 Å². The van der Waals surface area contributed by atoms with Crippen molar-refractivity contribution in [3.63, 3.8) is 0 Å². The van der Waals surface area contributed by atoms with Gasteiger partial charge in [-0.15, -0.1) is 10.2 Å². The number of pyridine rings is 1. The maximum Gasteiger partial charge on any atom is 0.434 e. The van der Waals surface area contributed by atoms with Crippen LogP contribution in [0.15, 0.2) is 52.6 Å². The van der Waals surface area contributed by atoms with E-state index < -0.39 is 11.9 Å². The van der Waals surface area contributed by atoms with E-state index in [9.17, 15) is 18.0 Å². The number of alkyl halides is 3. The molecule has 1 spiro atoms. The fourth-order valence-electron chi connectivity index (χ4n) is 5.02. The van der Waals surface area contributed by atoms with Gasteiger partial charge in [-0.3, -0.25) is 9.78 Å². The van der Waals surface area contributed by atoms with Crippen LogP contribution in [-0.2, 0) is 17.4 Å². The van der Waals surface area contributed by atoms with Crippen molar-refractivity contribution >= 4 is 23.6 Å². The number of nitrogens with zero attached hydrogens (tertiary/aromatic N) is 5. The zero-order valence-corrected chi connectivity index (χ0v) is 21.2. The summed E-state index contributed by atoms with van der Waals surface area (Å²) in [6, 6.07) is 8.58. The summed E-state index contributed by atoms with van der Waals surface area (Å²) in [5.74, 6) is 5.53. The number of hydrogen-bond donors (Lipinski definition) is 2.